The summed E-state index contributed by atoms with van der Waals surface area (Å²) in [6.45, 7) is 0.0268. The predicted molar refractivity (Wildman–Crippen MR) is 85.8 cm³/mol. The van der Waals surface area contributed by atoms with Crippen molar-refractivity contribution in [3.63, 3.8) is 0 Å². The van der Waals surface area contributed by atoms with E-state index in [1.54, 1.807) is 0 Å². The van der Waals surface area contributed by atoms with Gasteiger partial charge in [-0.15, -0.1) is 0 Å². The van der Waals surface area contributed by atoms with Crippen molar-refractivity contribution in [2.45, 2.75) is 18.8 Å². The monoisotopic (exact) mass is 405 g/mol. The first-order valence-electron chi connectivity index (χ1n) is 7.71. The van der Waals surface area contributed by atoms with E-state index in [0.717, 1.165) is 6.20 Å². The fraction of sp³-hybridized carbons (Fsp3) is 0.294. The Hall–Kier alpha value is -2.55. The number of hydrogen-bond acceptors (Lipinski definition) is 4. The molecule has 1 aliphatic carbocycles. The summed E-state index contributed by atoms with van der Waals surface area (Å²) >= 11 is 5.97. The van der Waals surface area contributed by atoms with Crippen molar-refractivity contribution >= 4 is 17.6 Å². The summed E-state index contributed by atoms with van der Waals surface area (Å²) in [5, 5.41) is 8.74. The summed E-state index contributed by atoms with van der Waals surface area (Å²) in [6.07, 6.45) is 0.602. The highest BCUT2D eigenvalue weighted by Gasteiger charge is 2.45. The maximum absolute atomic E-state index is 13.9. The number of aromatic nitrogens is 1. The number of carboxylic acids is 1. The minimum Gasteiger partial charge on any atom is -0.478 e. The highest BCUT2D eigenvalue weighted by Crippen LogP contribution is 2.42. The fourth-order valence-corrected chi connectivity index (χ4v) is 2.78. The van der Waals surface area contributed by atoms with Crippen LogP contribution in [0.3, 0.4) is 0 Å². The van der Waals surface area contributed by atoms with Crippen molar-refractivity contribution in [3.05, 3.63) is 46.6 Å². The number of rotatable bonds is 6. The van der Waals surface area contributed by atoms with Gasteiger partial charge >= 0.3 is 5.97 Å². The molecular weight excluding hydrogens is 394 g/mol. The fourth-order valence-electron chi connectivity index (χ4n) is 2.57. The van der Waals surface area contributed by atoms with Gasteiger partial charge in [-0.25, -0.2) is 27.3 Å². The molecule has 1 saturated carbocycles. The highest BCUT2D eigenvalue weighted by atomic mass is 35.5. The van der Waals surface area contributed by atoms with E-state index in [4.69, 9.17) is 26.2 Å². The zero-order valence-corrected chi connectivity index (χ0v) is 14.3. The van der Waals surface area contributed by atoms with Crippen LogP contribution in [0.5, 0.6) is 17.4 Å². The van der Waals surface area contributed by atoms with Crippen LogP contribution in [0.1, 0.15) is 23.2 Å². The molecular formula is C17H12ClF4NO4. The summed E-state index contributed by atoms with van der Waals surface area (Å²) < 4.78 is 63.5. The molecule has 0 bridgehead atoms. The normalized spacial score (nSPS) is 15.9. The van der Waals surface area contributed by atoms with Gasteiger partial charge in [-0.3, -0.25) is 0 Å². The molecule has 144 valence electrons. The molecule has 10 heteroatoms. The summed E-state index contributed by atoms with van der Waals surface area (Å²) in [6, 6.07) is 2.31. The van der Waals surface area contributed by atoms with E-state index in [0.29, 0.717) is 12.1 Å². The molecule has 2 aromatic rings. The molecule has 0 saturated heterocycles. The lowest BCUT2D eigenvalue weighted by Gasteiger charge is -2.34. The number of nitrogens with zero attached hydrogens (tertiary/aromatic N) is 1. The Morgan fingerprint density at radius 1 is 1.26 bits per heavy atom. The van der Waals surface area contributed by atoms with E-state index < -0.39 is 34.8 Å². The zero-order chi connectivity index (χ0) is 19.8. The maximum Gasteiger partial charge on any atom is 0.338 e. The summed E-state index contributed by atoms with van der Waals surface area (Å²) in [7, 11) is 0. The van der Waals surface area contributed by atoms with Gasteiger partial charge in [0.15, 0.2) is 11.6 Å². The van der Waals surface area contributed by atoms with Crippen LogP contribution in [0.4, 0.5) is 17.6 Å². The molecule has 27 heavy (non-hydrogen) atoms. The van der Waals surface area contributed by atoms with Crippen molar-refractivity contribution in [1.82, 2.24) is 4.98 Å². The van der Waals surface area contributed by atoms with Gasteiger partial charge in [0, 0.05) is 30.9 Å². The van der Waals surface area contributed by atoms with Crippen molar-refractivity contribution in [1.29, 1.82) is 0 Å². The standard InChI is InChI=1S/C17H12ClF4NO4/c18-11-1-9(6-23-15(11)26-7-8-4-17(21,22)5-8)27-14-3-12(19)10(16(24)25)2-13(14)20/h1-3,6,8H,4-5,7H2,(H,24,25). The topological polar surface area (TPSA) is 68.7 Å². The largest absolute Gasteiger partial charge is 0.478 e. The van der Waals surface area contributed by atoms with Gasteiger partial charge < -0.3 is 14.6 Å². The Morgan fingerprint density at radius 3 is 2.56 bits per heavy atom. The molecule has 1 fully saturated rings. The van der Waals surface area contributed by atoms with Crippen molar-refractivity contribution < 1.29 is 36.9 Å². The number of alkyl halides is 2. The molecule has 1 aromatic carbocycles. The van der Waals surface area contributed by atoms with E-state index >= 15 is 0 Å². The number of halogens is 5. The van der Waals surface area contributed by atoms with Gasteiger partial charge in [0.2, 0.25) is 11.8 Å². The quantitative estimate of drug-likeness (QED) is 0.690. The van der Waals surface area contributed by atoms with E-state index in [9.17, 15) is 22.4 Å². The molecule has 3 rings (SSSR count). The Kier molecular flexibility index (Phi) is 5.14. The SMILES string of the molecule is O=C(O)c1cc(F)c(Oc2cnc(OCC3CC(F)(F)C3)c(Cl)c2)cc1F. The van der Waals surface area contributed by atoms with E-state index in [1.165, 1.54) is 6.07 Å². The van der Waals surface area contributed by atoms with Crippen LogP contribution < -0.4 is 9.47 Å². The van der Waals surface area contributed by atoms with Gasteiger partial charge in [-0.1, -0.05) is 11.6 Å². The minimum atomic E-state index is -2.65. The first-order valence-corrected chi connectivity index (χ1v) is 8.09. The Bertz CT molecular complexity index is 885. The molecule has 1 aliphatic rings. The van der Waals surface area contributed by atoms with Crippen LogP contribution in [0.2, 0.25) is 5.02 Å². The average Bonchev–Trinajstić information content (AvgIpc) is 2.55. The zero-order valence-electron chi connectivity index (χ0n) is 13.5. The van der Waals surface area contributed by atoms with Crippen LogP contribution in [0.15, 0.2) is 24.4 Å². The lowest BCUT2D eigenvalue weighted by atomic mass is 9.82. The lowest BCUT2D eigenvalue weighted by molar-refractivity contribution is -0.119. The molecule has 0 radical (unpaired) electrons. The van der Waals surface area contributed by atoms with Gasteiger partial charge in [-0.2, -0.15) is 0 Å². The molecule has 1 N–H and O–H groups in total. The number of carbonyl (C=O) groups is 1. The number of hydrogen-bond donors (Lipinski definition) is 1. The second-order valence-electron chi connectivity index (χ2n) is 6.07. The first-order chi connectivity index (χ1) is 12.6. The molecule has 5 nitrogen and oxygen atoms in total. The second kappa shape index (κ2) is 7.22. The lowest BCUT2D eigenvalue weighted by Crippen LogP contribution is -2.38. The number of ether oxygens (including phenoxy) is 2. The minimum absolute atomic E-state index is 0.00730. The third-order valence-corrected chi connectivity index (χ3v) is 4.16. The number of benzene rings is 1. The van der Waals surface area contributed by atoms with E-state index in [2.05, 4.69) is 4.98 Å². The van der Waals surface area contributed by atoms with E-state index in [1.807, 2.05) is 0 Å². The number of carboxylic acid groups (broad SMARTS) is 1. The van der Waals surface area contributed by atoms with Crippen LogP contribution in [-0.2, 0) is 0 Å². The molecule has 0 aliphatic heterocycles. The van der Waals surface area contributed by atoms with Gasteiger partial charge in [0.25, 0.3) is 0 Å². The van der Waals surface area contributed by atoms with Gasteiger partial charge in [-0.05, 0) is 6.07 Å². The van der Waals surface area contributed by atoms with Crippen LogP contribution in [0, 0.1) is 17.6 Å². The van der Waals surface area contributed by atoms with Crippen LogP contribution in [-0.4, -0.2) is 28.6 Å². The van der Waals surface area contributed by atoms with Crippen molar-refractivity contribution in [2.24, 2.45) is 5.92 Å². The molecule has 0 atom stereocenters. The third-order valence-electron chi connectivity index (χ3n) is 3.89. The summed E-state index contributed by atoms with van der Waals surface area (Å²) in [5.41, 5.74) is -0.832. The number of pyridine rings is 1. The average molecular weight is 406 g/mol. The third kappa shape index (κ3) is 4.41. The first kappa shape index (κ1) is 19.2. The van der Waals surface area contributed by atoms with Gasteiger partial charge in [0.1, 0.15) is 16.6 Å². The Morgan fingerprint density at radius 2 is 1.96 bits per heavy atom. The van der Waals surface area contributed by atoms with Crippen LogP contribution >= 0.6 is 11.6 Å². The summed E-state index contributed by atoms with van der Waals surface area (Å²) in [5.74, 6) is -7.44. The van der Waals surface area contributed by atoms with Gasteiger partial charge in [0.05, 0.1) is 18.4 Å². The second-order valence-corrected chi connectivity index (χ2v) is 6.48. The molecule has 0 amide bonds. The Balaban J connectivity index is 1.67. The molecule has 0 spiro atoms. The van der Waals surface area contributed by atoms with Crippen molar-refractivity contribution in [2.75, 3.05) is 6.61 Å². The van der Waals surface area contributed by atoms with E-state index in [-0.39, 0.29) is 42.0 Å². The smallest absolute Gasteiger partial charge is 0.338 e. The Labute approximate surface area is 155 Å². The number of aromatic carboxylic acids is 1. The predicted octanol–water partition coefficient (Wildman–Crippen LogP) is 4.93. The van der Waals surface area contributed by atoms with Crippen LogP contribution in [0.25, 0.3) is 0 Å². The van der Waals surface area contributed by atoms with Crippen molar-refractivity contribution in [3.8, 4) is 17.4 Å². The maximum atomic E-state index is 13.9. The highest BCUT2D eigenvalue weighted by molar-refractivity contribution is 6.31. The molecule has 0 unspecified atom stereocenters. The summed E-state index contributed by atoms with van der Waals surface area (Å²) in [4.78, 5) is 14.6. The molecule has 1 heterocycles. The molecule has 1 aromatic heterocycles.